The third-order valence-electron chi connectivity index (χ3n) is 4.73. The highest BCUT2D eigenvalue weighted by Gasteiger charge is 2.35. The number of nitrogens with zero attached hydrogens (tertiary/aromatic N) is 6. The van der Waals surface area contributed by atoms with Crippen LogP contribution in [0.25, 0.3) is 17.0 Å². The predicted octanol–water partition coefficient (Wildman–Crippen LogP) is 1.82. The molecule has 1 atom stereocenters. The molecule has 0 aliphatic carbocycles. The van der Waals surface area contributed by atoms with Gasteiger partial charge in [-0.3, -0.25) is 9.80 Å². The lowest BCUT2D eigenvalue weighted by atomic mass is 10.1. The molecule has 8 heteroatoms. The van der Waals surface area contributed by atoms with Crippen molar-refractivity contribution >= 4 is 21.4 Å². The molecular formula is C15H15BrN6O. The van der Waals surface area contributed by atoms with Crippen molar-refractivity contribution in [3.63, 3.8) is 0 Å². The highest BCUT2D eigenvalue weighted by atomic mass is 79.9. The molecule has 0 spiro atoms. The van der Waals surface area contributed by atoms with Crippen molar-refractivity contribution in [2.45, 2.75) is 6.04 Å². The Hall–Kier alpha value is -1.77. The summed E-state index contributed by atoms with van der Waals surface area (Å²) in [4.78, 5) is 9.55. The molecule has 0 unspecified atom stereocenters. The Balaban J connectivity index is 1.48. The zero-order chi connectivity index (χ0) is 15.4. The van der Waals surface area contributed by atoms with E-state index < -0.39 is 0 Å². The van der Waals surface area contributed by atoms with Crippen LogP contribution >= 0.6 is 15.9 Å². The number of pyridine rings is 1. The molecule has 3 saturated heterocycles. The summed E-state index contributed by atoms with van der Waals surface area (Å²) in [5, 5.41) is 8.52. The van der Waals surface area contributed by atoms with Gasteiger partial charge in [0, 0.05) is 38.9 Å². The van der Waals surface area contributed by atoms with Crippen LogP contribution in [0.1, 0.15) is 11.9 Å². The van der Waals surface area contributed by atoms with Crippen LogP contribution < -0.4 is 0 Å². The molecule has 3 aromatic rings. The third-order valence-corrected chi connectivity index (χ3v) is 5.35. The van der Waals surface area contributed by atoms with Crippen molar-refractivity contribution < 1.29 is 4.52 Å². The van der Waals surface area contributed by atoms with E-state index in [2.05, 4.69) is 41.0 Å². The molecule has 23 heavy (non-hydrogen) atoms. The van der Waals surface area contributed by atoms with Crippen molar-refractivity contribution in [2.75, 3.05) is 32.7 Å². The molecule has 7 nitrogen and oxygen atoms in total. The molecule has 2 bridgehead atoms. The minimum atomic E-state index is 0.248. The predicted molar refractivity (Wildman–Crippen MR) is 86.9 cm³/mol. The van der Waals surface area contributed by atoms with Crippen molar-refractivity contribution in [3.05, 3.63) is 34.8 Å². The van der Waals surface area contributed by atoms with Crippen molar-refractivity contribution in [1.82, 2.24) is 29.6 Å². The maximum atomic E-state index is 5.51. The molecule has 0 aromatic carbocycles. The third kappa shape index (κ3) is 2.20. The van der Waals surface area contributed by atoms with Crippen LogP contribution in [-0.2, 0) is 0 Å². The van der Waals surface area contributed by atoms with Crippen LogP contribution in [0.15, 0.2) is 33.5 Å². The van der Waals surface area contributed by atoms with Gasteiger partial charge < -0.3 is 4.52 Å². The zero-order valence-corrected chi connectivity index (χ0v) is 14.0. The second-order valence-corrected chi connectivity index (χ2v) is 6.90. The lowest BCUT2D eigenvalue weighted by molar-refractivity contribution is 0.00781. The average Bonchev–Trinajstić information content (AvgIpc) is 3.23. The molecule has 3 fully saturated rings. The topological polar surface area (TPSA) is 62.7 Å². The second-order valence-electron chi connectivity index (χ2n) is 6.05. The van der Waals surface area contributed by atoms with Gasteiger partial charge >= 0.3 is 0 Å². The van der Waals surface area contributed by atoms with E-state index >= 15 is 0 Å². The van der Waals surface area contributed by atoms with Gasteiger partial charge in [-0.25, -0.2) is 4.52 Å². The Morgan fingerprint density at radius 3 is 2.83 bits per heavy atom. The molecule has 0 N–H and O–H groups in total. The molecule has 0 saturated carbocycles. The van der Waals surface area contributed by atoms with E-state index in [0.29, 0.717) is 5.89 Å². The standard InChI is InChI=1S/C15H15BrN6O/c16-11-7-17-22-8-10(1-2-12(11)22)15-18-14(19-23-15)13-9-20-3-5-21(13)6-4-20/h1-2,7-8,13H,3-6,9H2/t13-/m1/s1. The minimum absolute atomic E-state index is 0.248. The lowest BCUT2D eigenvalue weighted by Gasteiger charge is -2.46. The number of aromatic nitrogens is 4. The molecular weight excluding hydrogens is 360 g/mol. The molecule has 3 aliphatic heterocycles. The zero-order valence-electron chi connectivity index (χ0n) is 12.4. The van der Waals surface area contributed by atoms with Gasteiger partial charge in [-0.05, 0) is 28.1 Å². The first-order valence-electron chi connectivity index (χ1n) is 7.71. The Morgan fingerprint density at radius 1 is 1.17 bits per heavy atom. The molecule has 6 rings (SSSR count). The van der Waals surface area contributed by atoms with Gasteiger partial charge in [-0.2, -0.15) is 10.1 Å². The summed E-state index contributed by atoms with van der Waals surface area (Å²) in [6.07, 6.45) is 3.69. The number of piperazine rings is 3. The number of hydrogen-bond acceptors (Lipinski definition) is 6. The molecule has 0 amide bonds. The fraction of sp³-hybridized carbons (Fsp3) is 0.400. The molecule has 3 aromatic heterocycles. The summed E-state index contributed by atoms with van der Waals surface area (Å²) < 4.78 is 8.28. The maximum absolute atomic E-state index is 5.51. The number of halogens is 1. The number of fused-ring (bicyclic) bond motifs is 4. The Morgan fingerprint density at radius 2 is 2.04 bits per heavy atom. The normalized spacial score (nSPS) is 26.9. The van der Waals surface area contributed by atoms with Crippen LogP contribution in [0.2, 0.25) is 0 Å². The largest absolute Gasteiger partial charge is 0.334 e. The Labute approximate surface area is 141 Å². The van der Waals surface area contributed by atoms with E-state index in [-0.39, 0.29) is 6.04 Å². The van der Waals surface area contributed by atoms with Gasteiger partial charge in [0.25, 0.3) is 5.89 Å². The van der Waals surface area contributed by atoms with Gasteiger partial charge in [0.05, 0.1) is 27.8 Å². The molecule has 0 radical (unpaired) electrons. The van der Waals surface area contributed by atoms with Crippen LogP contribution in [0, 0.1) is 0 Å². The van der Waals surface area contributed by atoms with Gasteiger partial charge in [0.2, 0.25) is 0 Å². The first kappa shape index (κ1) is 13.6. The van der Waals surface area contributed by atoms with Gasteiger partial charge in [-0.1, -0.05) is 5.16 Å². The molecule has 6 heterocycles. The molecule has 3 aliphatic rings. The molecule has 118 valence electrons. The second kappa shape index (κ2) is 5.12. The smallest absolute Gasteiger partial charge is 0.259 e. The van der Waals surface area contributed by atoms with E-state index in [9.17, 15) is 0 Å². The Bertz CT molecular complexity index is 866. The fourth-order valence-corrected chi connectivity index (χ4v) is 3.83. The highest BCUT2D eigenvalue weighted by Crippen LogP contribution is 2.29. The van der Waals surface area contributed by atoms with Crippen molar-refractivity contribution in [3.8, 4) is 11.5 Å². The monoisotopic (exact) mass is 374 g/mol. The fourth-order valence-electron chi connectivity index (χ4n) is 3.43. The summed E-state index contributed by atoms with van der Waals surface area (Å²) in [6.45, 7) is 5.45. The summed E-state index contributed by atoms with van der Waals surface area (Å²) in [5.74, 6) is 1.33. The van der Waals surface area contributed by atoms with Crippen LogP contribution in [0.3, 0.4) is 0 Å². The quantitative estimate of drug-likeness (QED) is 0.681. The lowest BCUT2D eigenvalue weighted by Crippen LogP contribution is -2.57. The summed E-state index contributed by atoms with van der Waals surface area (Å²) in [7, 11) is 0. The number of hydrogen-bond donors (Lipinski definition) is 0. The number of rotatable bonds is 2. The van der Waals surface area contributed by atoms with Crippen LogP contribution in [0.5, 0.6) is 0 Å². The average molecular weight is 375 g/mol. The van der Waals surface area contributed by atoms with E-state index in [0.717, 1.165) is 54.1 Å². The van der Waals surface area contributed by atoms with E-state index in [1.165, 1.54) is 0 Å². The van der Waals surface area contributed by atoms with Crippen LogP contribution in [-0.4, -0.2) is 62.3 Å². The first-order chi connectivity index (χ1) is 11.3. The minimum Gasteiger partial charge on any atom is -0.334 e. The summed E-state index contributed by atoms with van der Waals surface area (Å²) in [5.41, 5.74) is 1.89. The van der Waals surface area contributed by atoms with Crippen LogP contribution in [0.4, 0.5) is 0 Å². The van der Waals surface area contributed by atoms with Gasteiger partial charge in [-0.15, -0.1) is 0 Å². The van der Waals surface area contributed by atoms with E-state index in [4.69, 9.17) is 4.52 Å². The van der Waals surface area contributed by atoms with Crippen molar-refractivity contribution in [1.29, 1.82) is 0 Å². The highest BCUT2D eigenvalue weighted by molar-refractivity contribution is 9.10. The van der Waals surface area contributed by atoms with E-state index in [1.807, 2.05) is 18.3 Å². The van der Waals surface area contributed by atoms with E-state index in [1.54, 1.807) is 10.7 Å². The SMILES string of the molecule is Brc1cnn2cc(-c3nc([C@H]4CN5CCN4CC5)no3)ccc12. The summed E-state index contributed by atoms with van der Waals surface area (Å²) in [6, 6.07) is 4.22. The van der Waals surface area contributed by atoms with Crippen molar-refractivity contribution in [2.24, 2.45) is 0 Å². The first-order valence-corrected chi connectivity index (χ1v) is 8.50. The van der Waals surface area contributed by atoms with Gasteiger partial charge in [0.1, 0.15) is 0 Å². The Kier molecular flexibility index (Phi) is 3.04. The summed E-state index contributed by atoms with van der Waals surface area (Å²) >= 11 is 3.48. The van der Waals surface area contributed by atoms with Gasteiger partial charge in [0.15, 0.2) is 5.82 Å². The maximum Gasteiger partial charge on any atom is 0.259 e.